The quantitative estimate of drug-likeness (QED) is 0.583. The average Bonchev–Trinajstić information content (AvgIpc) is 3.20. The predicted molar refractivity (Wildman–Crippen MR) is 140 cm³/mol. The van der Waals surface area contributed by atoms with Gasteiger partial charge in [0.25, 0.3) is 5.91 Å². The molecular weight excluding hydrogens is 519 g/mol. The fraction of sp³-hybridized carbons (Fsp3) is 0.320. The van der Waals surface area contributed by atoms with Gasteiger partial charge < -0.3 is 16.0 Å². The van der Waals surface area contributed by atoms with E-state index in [0.29, 0.717) is 17.1 Å². The Bertz CT molecular complexity index is 1390. The number of halogens is 2. The Morgan fingerprint density at radius 3 is 2.73 bits per heavy atom. The van der Waals surface area contributed by atoms with Crippen LogP contribution >= 0.6 is 23.4 Å². The number of primary amides is 1. The van der Waals surface area contributed by atoms with E-state index >= 15 is 4.39 Å². The highest BCUT2D eigenvalue weighted by Gasteiger charge is 2.57. The van der Waals surface area contributed by atoms with Gasteiger partial charge in [0.1, 0.15) is 24.0 Å². The van der Waals surface area contributed by atoms with Crippen LogP contribution in [0.1, 0.15) is 6.42 Å². The molecule has 3 aliphatic heterocycles. The summed E-state index contributed by atoms with van der Waals surface area (Å²) < 4.78 is 15.4. The third-order valence-electron chi connectivity index (χ3n) is 7.21. The molecule has 37 heavy (non-hydrogen) atoms. The van der Waals surface area contributed by atoms with Crippen LogP contribution in [0.2, 0.25) is 5.02 Å². The van der Waals surface area contributed by atoms with Crippen LogP contribution in [0.4, 0.5) is 10.1 Å². The molecule has 0 spiro atoms. The molecule has 1 saturated carbocycles. The number of aliphatic imine (C=N–C) groups is 1. The largest absolute Gasteiger partial charge is 0.364 e. The number of hydrazone groups is 1. The number of hydrogen-bond donors (Lipinski definition) is 2. The first-order valence-corrected chi connectivity index (χ1v) is 13.1. The van der Waals surface area contributed by atoms with E-state index in [0.717, 1.165) is 6.42 Å². The topological polar surface area (TPSA) is 120 Å². The Morgan fingerprint density at radius 2 is 1.95 bits per heavy atom. The smallest absolute Gasteiger partial charge is 0.267 e. The highest BCUT2D eigenvalue weighted by Crippen LogP contribution is 2.50. The molecule has 6 rings (SSSR count). The minimum atomic E-state index is -0.716. The van der Waals surface area contributed by atoms with Gasteiger partial charge in [-0.25, -0.2) is 4.39 Å². The van der Waals surface area contributed by atoms with Gasteiger partial charge in [-0.3, -0.25) is 24.4 Å². The first-order chi connectivity index (χ1) is 17.8. The van der Waals surface area contributed by atoms with E-state index in [1.165, 1.54) is 27.7 Å². The molecule has 0 aromatic heterocycles. The zero-order valence-electron chi connectivity index (χ0n) is 19.4. The molecule has 2 unspecified atom stereocenters. The first-order valence-electron chi connectivity index (χ1n) is 11.8. The summed E-state index contributed by atoms with van der Waals surface area (Å²) in [6.45, 7) is 0.329. The van der Waals surface area contributed by atoms with Crippen LogP contribution in [0.15, 0.2) is 52.6 Å². The van der Waals surface area contributed by atoms with Crippen molar-refractivity contribution in [3.8, 4) is 11.1 Å². The van der Waals surface area contributed by atoms with E-state index in [4.69, 9.17) is 17.3 Å². The van der Waals surface area contributed by atoms with Crippen molar-refractivity contribution < 1.29 is 18.8 Å². The van der Waals surface area contributed by atoms with Crippen LogP contribution < -0.4 is 11.1 Å². The lowest BCUT2D eigenvalue weighted by atomic mass is 10.0. The van der Waals surface area contributed by atoms with Gasteiger partial charge in [-0.05, 0) is 30.4 Å². The van der Waals surface area contributed by atoms with Crippen molar-refractivity contribution in [2.75, 3.05) is 18.4 Å². The molecule has 190 valence electrons. The van der Waals surface area contributed by atoms with E-state index in [9.17, 15) is 14.4 Å². The molecule has 2 aromatic rings. The lowest BCUT2D eigenvalue weighted by Gasteiger charge is -2.29. The van der Waals surface area contributed by atoms with Crippen LogP contribution in [0.25, 0.3) is 11.1 Å². The number of amides is 3. The second-order valence-electron chi connectivity index (χ2n) is 9.46. The molecule has 12 heteroatoms. The number of nitrogens with two attached hydrogens (primary N) is 1. The number of rotatable bonds is 6. The van der Waals surface area contributed by atoms with E-state index in [2.05, 4.69) is 15.4 Å². The maximum atomic E-state index is 15.4. The summed E-state index contributed by atoms with van der Waals surface area (Å²) in [6.07, 6.45) is 0.839. The molecule has 1 saturated heterocycles. The summed E-state index contributed by atoms with van der Waals surface area (Å²) in [5, 5.41) is 8.53. The lowest BCUT2D eigenvalue weighted by molar-refractivity contribution is -0.138. The molecular formula is C25H22ClFN6O3S. The number of likely N-dealkylation sites (tertiary alicyclic amines) is 1. The summed E-state index contributed by atoms with van der Waals surface area (Å²) in [6, 6.07) is 10.4. The van der Waals surface area contributed by atoms with Gasteiger partial charge in [-0.15, -0.1) is 0 Å². The summed E-state index contributed by atoms with van der Waals surface area (Å²) in [5.74, 6) is -1.74. The van der Waals surface area contributed by atoms with Gasteiger partial charge in [-0.2, -0.15) is 5.10 Å². The second kappa shape index (κ2) is 9.14. The molecule has 5 atom stereocenters. The van der Waals surface area contributed by atoms with Crippen molar-refractivity contribution in [1.82, 2.24) is 9.91 Å². The Balaban J connectivity index is 1.19. The standard InChI is InChI=1S/C25H22ClFN6O3S/c26-16-6-2-1-4-13(16)14-5-3-7-17(19(14)27)30-24(36)22-15-8-12(15)9-32(22)18(34)10-33-25-21(29-11-37-25)20(31-33)23(28)35/h1-7,11-12,15,21-22,25H,8-10H2,(H2,28,35)(H,30,36)/t12-,15-,21?,22-,25?/m0/s1. The third kappa shape index (κ3) is 4.15. The molecule has 9 nitrogen and oxygen atoms in total. The molecule has 2 fully saturated rings. The minimum Gasteiger partial charge on any atom is -0.364 e. The van der Waals surface area contributed by atoms with E-state index in [1.807, 2.05) is 0 Å². The van der Waals surface area contributed by atoms with Gasteiger partial charge in [0, 0.05) is 22.7 Å². The molecule has 3 N–H and O–H groups in total. The molecule has 3 amide bonds. The van der Waals surface area contributed by atoms with E-state index in [1.54, 1.807) is 41.9 Å². The van der Waals surface area contributed by atoms with Gasteiger partial charge >= 0.3 is 0 Å². The highest BCUT2D eigenvalue weighted by atomic mass is 35.5. The fourth-order valence-corrected chi connectivity index (χ4v) is 6.51. The molecule has 0 bridgehead atoms. The van der Waals surface area contributed by atoms with Crippen molar-refractivity contribution in [1.29, 1.82) is 0 Å². The summed E-state index contributed by atoms with van der Waals surface area (Å²) in [4.78, 5) is 44.2. The Labute approximate surface area is 220 Å². The summed E-state index contributed by atoms with van der Waals surface area (Å²) in [5.41, 5.74) is 7.99. The van der Waals surface area contributed by atoms with E-state index in [-0.39, 0.29) is 46.6 Å². The normalized spacial score (nSPS) is 27.1. The number of piperidine rings is 1. The number of benzene rings is 2. The zero-order chi connectivity index (χ0) is 25.8. The highest BCUT2D eigenvalue weighted by molar-refractivity contribution is 8.12. The number of carbonyl (C=O) groups excluding carboxylic acids is 3. The summed E-state index contributed by atoms with van der Waals surface area (Å²) >= 11 is 7.61. The number of carbonyl (C=O) groups is 3. The Hall–Kier alpha value is -3.44. The Kier molecular flexibility index (Phi) is 5.91. The molecule has 2 aromatic carbocycles. The monoisotopic (exact) mass is 540 g/mol. The second-order valence-corrected chi connectivity index (χ2v) is 10.8. The van der Waals surface area contributed by atoms with Gasteiger partial charge in [0.2, 0.25) is 11.8 Å². The van der Waals surface area contributed by atoms with Crippen molar-refractivity contribution in [2.45, 2.75) is 23.9 Å². The first kappa shape index (κ1) is 23.9. The number of nitrogens with zero attached hydrogens (tertiary/aromatic N) is 4. The third-order valence-corrected chi connectivity index (χ3v) is 8.56. The van der Waals surface area contributed by atoms with Gasteiger partial charge in [0.15, 0.2) is 11.5 Å². The number of fused-ring (bicyclic) bond motifs is 2. The lowest BCUT2D eigenvalue weighted by Crippen LogP contribution is -2.49. The number of nitrogens with one attached hydrogen (secondary N) is 1. The van der Waals surface area contributed by atoms with Crippen LogP contribution in [0.3, 0.4) is 0 Å². The van der Waals surface area contributed by atoms with Gasteiger partial charge in [0.05, 0.1) is 11.2 Å². The van der Waals surface area contributed by atoms with Gasteiger partial charge in [-0.1, -0.05) is 53.7 Å². The fourth-order valence-electron chi connectivity index (χ4n) is 5.33. The molecule has 1 aliphatic carbocycles. The average molecular weight is 541 g/mol. The Morgan fingerprint density at radius 1 is 1.16 bits per heavy atom. The van der Waals surface area contributed by atoms with Crippen LogP contribution in [-0.4, -0.2) is 69.4 Å². The number of thioether (sulfide) groups is 1. The van der Waals surface area contributed by atoms with Crippen molar-refractivity contribution in [2.24, 2.45) is 27.7 Å². The van der Waals surface area contributed by atoms with Crippen LogP contribution in [0.5, 0.6) is 0 Å². The number of hydrogen-bond acceptors (Lipinski definition) is 7. The summed E-state index contributed by atoms with van der Waals surface area (Å²) in [7, 11) is 0. The van der Waals surface area contributed by atoms with Crippen molar-refractivity contribution in [3.63, 3.8) is 0 Å². The SMILES string of the molecule is NC(=O)C1=NN(CC(=O)N2C[C@@H]3C[C@@H]3[C@H]2C(=O)Nc2cccc(-c3ccccc3Cl)c2F)C2SC=NC12. The molecule has 4 aliphatic rings. The maximum absolute atomic E-state index is 15.4. The van der Waals surface area contributed by atoms with Crippen LogP contribution in [-0.2, 0) is 14.4 Å². The molecule has 3 heterocycles. The van der Waals surface area contributed by atoms with Crippen molar-refractivity contribution >= 4 is 58.0 Å². The van der Waals surface area contributed by atoms with Crippen LogP contribution in [0, 0.1) is 17.7 Å². The minimum absolute atomic E-state index is 0.0245. The predicted octanol–water partition coefficient (Wildman–Crippen LogP) is 2.56. The van der Waals surface area contributed by atoms with E-state index < -0.39 is 29.7 Å². The maximum Gasteiger partial charge on any atom is 0.267 e. The van der Waals surface area contributed by atoms with Crippen molar-refractivity contribution in [3.05, 3.63) is 53.3 Å². The number of anilines is 1. The zero-order valence-corrected chi connectivity index (χ0v) is 21.0. The molecule has 0 radical (unpaired) electrons.